The van der Waals surface area contributed by atoms with Crippen LogP contribution >= 0.6 is 0 Å². The topological polar surface area (TPSA) is 61.5 Å². The second kappa shape index (κ2) is 6.18. The van der Waals surface area contributed by atoms with Crippen LogP contribution in [0.15, 0.2) is 12.1 Å². The van der Waals surface area contributed by atoms with Crippen molar-refractivity contribution < 1.29 is 23.0 Å². The van der Waals surface area contributed by atoms with Crippen molar-refractivity contribution in [2.45, 2.75) is 26.9 Å². The van der Waals surface area contributed by atoms with E-state index in [1.54, 1.807) is 19.9 Å². The number of nitrogen functional groups attached to an aromatic ring is 1. The van der Waals surface area contributed by atoms with E-state index in [1.165, 1.54) is 6.07 Å². The Kier molecular flexibility index (Phi) is 4.88. The smallest absolute Gasteiger partial charge is 0.387 e. The van der Waals surface area contributed by atoms with E-state index in [0.29, 0.717) is 16.8 Å². The molecule has 0 fully saturated rings. The number of alkyl halides is 2. The van der Waals surface area contributed by atoms with Gasteiger partial charge in [-0.15, -0.1) is 0 Å². The average molecular weight is 259 g/mol. The van der Waals surface area contributed by atoms with Gasteiger partial charge in [-0.3, -0.25) is 4.79 Å². The van der Waals surface area contributed by atoms with Gasteiger partial charge in [0, 0.05) is 17.3 Å². The molecule has 0 saturated carbocycles. The van der Waals surface area contributed by atoms with Gasteiger partial charge in [0.2, 0.25) is 0 Å². The second-order valence-electron chi connectivity index (χ2n) is 3.68. The zero-order valence-corrected chi connectivity index (χ0v) is 10.2. The highest BCUT2D eigenvalue weighted by Crippen LogP contribution is 2.27. The Bertz CT molecular complexity index is 436. The molecular weight excluding hydrogens is 244 g/mol. The number of hydrogen-bond donors (Lipinski definition) is 1. The highest BCUT2D eigenvalue weighted by atomic mass is 19.3. The number of benzene rings is 1. The molecule has 1 aromatic carbocycles. The van der Waals surface area contributed by atoms with Gasteiger partial charge < -0.3 is 15.2 Å². The highest BCUT2D eigenvalue weighted by molar-refractivity contribution is 5.74. The fraction of sp³-hybridized carbons (Fsp3) is 0.417. The van der Waals surface area contributed by atoms with Gasteiger partial charge in [-0.05, 0) is 25.5 Å². The standard InChI is InChI=1S/C12H15F2NO3/c1-3-17-11(16)5-8-4-7(2)9(15)6-10(8)18-12(13)14/h4,6,12H,3,5,15H2,1-2H3. The van der Waals surface area contributed by atoms with Gasteiger partial charge in [-0.2, -0.15) is 8.78 Å². The van der Waals surface area contributed by atoms with Gasteiger partial charge in [-0.1, -0.05) is 0 Å². The van der Waals surface area contributed by atoms with Crippen LogP contribution in [-0.2, 0) is 16.0 Å². The molecule has 6 heteroatoms. The number of rotatable bonds is 5. The van der Waals surface area contributed by atoms with Gasteiger partial charge in [-0.25, -0.2) is 0 Å². The number of halogens is 2. The zero-order valence-electron chi connectivity index (χ0n) is 10.2. The molecule has 0 aliphatic rings. The lowest BCUT2D eigenvalue weighted by Gasteiger charge is -2.13. The van der Waals surface area contributed by atoms with E-state index < -0.39 is 12.6 Å². The molecule has 0 heterocycles. The number of hydrogen-bond acceptors (Lipinski definition) is 4. The van der Waals surface area contributed by atoms with Crippen LogP contribution in [0.4, 0.5) is 14.5 Å². The largest absolute Gasteiger partial charge is 0.466 e. The lowest BCUT2D eigenvalue weighted by Crippen LogP contribution is -2.11. The molecule has 0 radical (unpaired) electrons. The van der Waals surface area contributed by atoms with Gasteiger partial charge in [0.25, 0.3) is 0 Å². The number of aryl methyl sites for hydroxylation is 1. The molecule has 100 valence electrons. The van der Waals surface area contributed by atoms with Crippen molar-refractivity contribution in [1.82, 2.24) is 0 Å². The monoisotopic (exact) mass is 259 g/mol. The third kappa shape index (κ3) is 3.87. The number of carbonyl (C=O) groups is 1. The van der Waals surface area contributed by atoms with Crippen LogP contribution in [0, 0.1) is 6.92 Å². The fourth-order valence-corrected chi connectivity index (χ4v) is 1.47. The molecule has 0 saturated heterocycles. The van der Waals surface area contributed by atoms with Crippen LogP contribution in [0.3, 0.4) is 0 Å². The molecule has 0 amide bonds. The van der Waals surface area contributed by atoms with E-state index in [4.69, 9.17) is 10.5 Å². The van der Waals surface area contributed by atoms with Gasteiger partial charge in [0.1, 0.15) is 5.75 Å². The molecule has 2 N–H and O–H groups in total. The maximum Gasteiger partial charge on any atom is 0.387 e. The Morgan fingerprint density at radius 2 is 2.11 bits per heavy atom. The van der Waals surface area contributed by atoms with Gasteiger partial charge in [0.05, 0.1) is 13.0 Å². The molecule has 1 rings (SSSR count). The van der Waals surface area contributed by atoms with E-state index >= 15 is 0 Å². The quantitative estimate of drug-likeness (QED) is 0.651. The van der Waals surface area contributed by atoms with Crippen molar-refractivity contribution in [2.75, 3.05) is 12.3 Å². The van der Waals surface area contributed by atoms with Gasteiger partial charge in [0.15, 0.2) is 0 Å². The summed E-state index contributed by atoms with van der Waals surface area (Å²) in [5.41, 5.74) is 6.97. The van der Waals surface area contributed by atoms with E-state index in [-0.39, 0.29) is 18.8 Å². The molecule has 4 nitrogen and oxygen atoms in total. The van der Waals surface area contributed by atoms with Crippen molar-refractivity contribution in [3.8, 4) is 5.75 Å². The Morgan fingerprint density at radius 3 is 2.67 bits per heavy atom. The molecule has 1 aromatic rings. The summed E-state index contributed by atoms with van der Waals surface area (Å²) in [7, 11) is 0. The number of nitrogens with two attached hydrogens (primary N) is 1. The predicted octanol–water partition coefficient (Wildman–Crippen LogP) is 2.28. The van der Waals surface area contributed by atoms with Crippen molar-refractivity contribution in [1.29, 1.82) is 0 Å². The minimum absolute atomic E-state index is 0.0962. The number of carbonyl (C=O) groups excluding carboxylic acids is 1. The summed E-state index contributed by atoms with van der Waals surface area (Å²) in [6.07, 6.45) is -0.128. The first-order chi connectivity index (χ1) is 8.43. The minimum atomic E-state index is -2.96. The maximum absolute atomic E-state index is 12.2. The molecule has 0 aliphatic heterocycles. The van der Waals surface area contributed by atoms with Crippen LogP contribution in [0.25, 0.3) is 0 Å². The van der Waals surface area contributed by atoms with E-state index in [1.807, 2.05) is 0 Å². The first-order valence-electron chi connectivity index (χ1n) is 5.43. The molecule has 0 bridgehead atoms. The predicted molar refractivity (Wildman–Crippen MR) is 62.6 cm³/mol. The van der Waals surface area contributed by atoms with E-state index in [0.717, 1.165) is 0 Å². The van der Waals surface area contributed by atoms with Crippen molar-refractivity contribution in [3.05, 3.63) is 23.3 Å². The lowest BCUT2D eigenvalue weighted by atomic mass is 10.1. The zero-order chi connectivity index (χ0) is 13.7. The molecule has 0 unspecified atom stereocenters. The normalized spacial score (nSPS) is 10.5. The van der Waals surface area contributed by atoms with Crippen LogP contribution in [-0.4, -0.2) is 19.2 Å². The third-order valence-electron chi connectivity index (χ3n) is 2.31. The Morgan fingerprint density at radius 1 is 1.44 bits per heavy atom. The Balaban J connectivity index is 2.99. The summed E-state index contributed by atoms with van der Waals surface area (Å²) in [5, 5.41) is 0. The molecule has 0 atom stereocenters. The fourth-order valence-electron chi connectivity index (χ4n) is 1.47. The summed E-state index contributed by atoms with van der Waals surface area (Å²) in [6.45, 7) is 0.657. The van der Waals surface area contributed by atoms with Crippen LogP contribution < -0.4 is 10.5 Å². The van der Waals surface area contributed by atoms with E-state index in [2.05, 4.69) is 4.74 Å². The van der Waals surface area contributed by atoms with Gasteiger partial charge >= 0.3 is 12.6 Å². The second-order valence-corrected chi connectivity index (χ2v) is 3.68. The van der Waals surface area contributed by atoms with Crippen molar-refractivity contribution in [3.63, 3.8) is 0 Å². The van der Waals surface area contributed by atoms with E-state index in [9.17, 15) is 13.6 Å². The lowest BCUT2D eigenvalue weighted by molar-refractivity contribution is -0.142. The van der Waals surface area contributed by atoms with Crippen molar-refractivity contribution >= 4 is 11.7 Å². The first kappa shape index (κ1) is 14.2. The molecule has 0 spiro atoms. The summed E-state index contributed by atoms with van der Waals surface area (Å²) >= 11 is 0. The average Bonchev–Trinajstić information content (AvgIpc) is 2.25. The van der Waals surface area contributed by atoms with Crippen LogP contribution in [0.5, 0.6) is 5.75 Å². The van der Waals surface area contributed by atoms with Crippen LogP contribution in [0.2, 0.25) is 0 Å². The molecule has 0 aromatic heterocycles. The van der Waals surface area contributed by atoms with Crippen molar-refractivity contribution in [2.24, 2.45) is 0 Å². The maximum atomic E-state index is 12.2. The number of esters is 1. The summed E-state index contributed by atoms with van der Waals surface area (Å²) in [4.78, 5) is 11.4. The Hall–Kier alpha value is -1.85. The Labute approximate surface area is 104 Å². The summed E-state index contributed by atoms with van der Waals surface area (Å²) in [6, 6.07) is 2.83. The summed E-state index contributed by atoms with van der Waals surface area (Å²) in [5.74, 6) is -0.595. The summed E-state index contributed by atoms with van der Waals surface area (Å²) < 4.78 is 33.6. The highest BCUT2D eigenvalue weighted by Gasteiger charge is 2.15. The SMILES string of the molecule is CCOC(=O)Cc1cc(C)c(N)cc1OC(F)F. The number of ether oxygens (including phenoxy) is 2. The van der Waals surface area contributed by atoms with Crippen LogP contribution in [0.1, 0.15) is 18.1 Å². The first-order valence-corrected chi connectivity index (χ1v) is 5.43. The molecular formula is C12H15F2NO3. The molecule has 0 aliphatic carbocycles. The number of anilines is 1. The minimum Gasteiger partial charge on any atom is -0.466 e. The molecule has 18 heavy (non-hydrogen) atoms. The third-order valence-corrected chi connectivity index (χ3v) is 2.31.